The van der Waals surface area contributed by atoms with Gasteiger partial charge in [0.1, 0.15) is 0 Å². The number of hydrogen-bond donors (Lipinski definition) is 0. The molecule has 1 atom stereocenters. The van der Waals surface area contributed by atoms with Crippen molar-refractivity contribution >= 4 is 11.8 Å². The quantitative estimate of drug-likeness (QED) is 0.800. The van der Waals surface area contributed by atoms with Crippen molar-refractivity contribution in [1.82, 2.24) is 9.80 Å². The first-order valence-electron chi connectivity index (χ1n) is 8.93. The van der Waals surface area contributed by atoms with Gasteiger partial charge in [-0.3, -0.25) is 9.59 Å². The number of benzene rings is 1. The van der Waals surface area contributed by atoms with E-state index >= 15 is 0 Å². The Hall–Kier alpha value is -1.88. The van der Waals surface area contributed by atoms with Crippen LogP contribution in [0.5, 0.6) is 0 Å². The molecule has 2 heterocycles. The van der Waals surface area contributed by atoms with E-state index in [-0.39, 0.29) is 17.9 Å². The molecule has 0 radical (unpaired) electrons. The van der Waals surface area contributed by atoms with Crippen molar-refractivity contribution in [1.29, 1.82) is 0 Å². The van der Waals surface area contributed by atoms with Crippen LogP contribution < -0.4 is 0 Å². The molecule has 5 nitrogen and oxygen atoms in total. The number of rotatable bonds is 6. The zero-order valence-electron chi connectivity index (χ0n) is 14.2. The van der Waals surface area contributed by atoms with Gasteiger partial charge in [0, 0.05) is 39.0 Å². The molecular weight excluding hydrogens is 304 g/mol. The summed E-state index contributed by atoms with van der Waals surface area (Å²) in [4.78, 5) is 27.7. The molecule has 1 aromatic rings. The number of hydrogen-bond acceptors (Lipinski definition) is 3. The highest BCUT2D eigenvalue weighted by Gasteiger charge is 2.26. The molecular formula is C19H26N2O3. The Morgan fingerprint density at radius 3 is 2.79 bits per heavy atom. The summed E-state index contributed by atoms with van der Waals surface area (Å²) < 4.78 is 5.82. The smallest absolute Gasteiger partial charge is 0.224 e. The number of amides is 2. The number of ether oxygens (including phenoxy) is 1. The van der Waals surface area contributed by atoms with Crippen molar-refractivity contribution in [2.75, 3.05) is 32.8 Å². The Morgan fingerprint density at radius 1 is 1.21 bits per heavy atom. The maximum atomic E-state index is 12.4. The highest BCUT2D eigenvalue weighted by Crippen LogP contribution is 2.15. The fraction of sp³-hybridized carbons (Fsp3) is 0.579. The lowest BCUT2D eigenvalue weighted by molar-refractivity contribution is -0.139. The van der Waals surface area contributed by atoms with Crippen molar-refractivity contribution in [3.05, 3.63) is 35.9 Å². The highest BCUT2D eigenvalue weighted by molar-refractivity contribution is 5.80. The average Bonchev–Trinajstić information content (AvgIpc) is 3.04. The van der Waals surface area contributed by atoms with Gasteiger partial charge in [-0.25, -0.2) is 0 Å². The molecule has 1 aromatic carbocycles. The fourth-order valence-corrected chi connectivity index (χ4v) is 3.42. The van der Waals surface area contributed by atoms with E-state index in [1.807, 2.05) is 28.0 Å². The van der Waals surface area contributed by atoms with Crippen LogP contribution in [-0.2, 0) is 20.7 Å². The van der Waals surface area contributed by atoms with Gasteiger partial charge in [-0.1, -0.05) is 30.3 Å². The first kappa shape index (κ1) is 17.0. The normalized spacial score (nSPS) is 21.3. The Balaban J connectivity index is 1.42. The van der Waals surface area contributed by atoms with Gasteiger partial charge in [-0.15, -0.1) is 0 Å². The minimum atomic E-state index is 0.108. The van der Waals surface area contributed by atoms with Crippen molar-refractivity contribution in [3.8, 4) is 0 Å². The van der Waals surface area contributed by atoms with E-state index in [0.717, 1.165) is 25.8 Å². The van der Waals surface area contributed by atoms with E-state index in [0.29, 0.717) is 39.1 Å². The molecule has 0 N–H and O–H groups in total. The largest absolute Gasteiger partial charge is 0.375 e. The predicted octanol–water partition coefficient (Wildman–Crippen LogP) is 1.86. The number of aryl methyl sites for hydroxylation is 1. The van der Waals surface area contributed by atoms with Gasteiger partial charge in [0.25, 0.3) is 0 Å². The van der Waals surface area contributed by atoms with E-state index in [2.05, 4.69) is 12.1 Å². The van der Waals surface area contributed by atoms with Gasteiger partial charge in [0.05, 0.1) is 12.7 Å². The van der Waals surface area contributed by atoms with Crippen LogP contribution in [0, 0.1) is 0 Å². The predicted molar refractivity (Wildman–Crippen MR) is 91.5 cm³/mol. The Kier molecular flexibility index (Phi) is 5.86. The van der Waals surface area contributed by atoms with Crippen LogP contribution in [0.25, 0.3) is 0 Å². The topological polar surface area (TPSA) is 49.9 Å². The summed E-state index contributed by atoms with van der Waals surface area (Å²) in [6, 6.07) is 10.4. The second-order valence-corrected chi connectivity index (χ2v) is 6.59. The summed E-state index contributed by atoms with van der Waals surface area (Å²) in [7, 11) is 0. The molecule has 2 amide bonds. The summed E-state index contributed by atoms with van der Waals surface area (Å²) in [6.07, 6.45) is 3.99. The van der Waals surface area contributed by atoms with Crippen molar-refractivity contribution in [3.63, 3.8) is 0 Å². The summed E-state index contributed by atoms with van der Waals surface area (Å²) >= 11 is 0. The van der Waals surface area contributed by atoms with E-state index in [4.69, 9.17) is 4.74 Å². The van der Waals surface area contributed by atoms with E-state index in [1.165, 1.54) is 5.56 Å². The van der Waals surface area contributed by atoms with Crippen LogP contribution in [-0.4, -0.2) is 60.5 Å². The van der Waals surface area contributed by atoms with Gasteiger partial charge in [0.15, 0.2) is 0 Å². The van der Waals surface area contributed by atoms with Crippen LogP contribution in [0.2, 0.25) is 0 Å². The minimum absolute atomic E-state index is 0.108. The van der Waals surface area contributed by atoms with Crippen molar-refractivity contribution in [2.45, 2.75) is 38.2 Å². The molecule has 0 saturated carbocycles. The Bertz CT molecular complexity index is 561. The van der Waals surface area contributed by atoms with Gasteiger partial charge in [-0.05, 0) is 24.8 Å². The second-order valence-electron chi connectivity index (χ2n) is 6.59. The SMILES string of the molecule is O=C1CCCN1CCC(=O)N1CCO[C@@H](CCc2ccccc2)C1. The van der Waals surface area contributed by atoms with E-state index in [1.54, 1.807) is 0 Å². The monoisotopic (exact) mass is 330 g/mol. The van der Waals surface area contributed by atoms with Crippen LogP contribution in [0.4, 0.5) is 0 Å². The lowest BCUT2D eigenvalue weighted by atomic mass is 10.1. The molecule has 0 bridgehead atoms. The number of carbonyl (C=O) groups excluding carboxylic acids is 2. The maximum Gasteiger partial charge on any atom is 0.224 e. The molecule has 2 saturated heterocycles. The molecule has 3 rings (SSSR count). The van der Waals surface area contributed by atoms with Gasteiger partial charge in [0.2, 0.25) is 11.8 Å². The molecule has 0 unspecified atom stereocenters. The lowest BCUT2D eigenvalue weighted by Gasteiger charge is -2.33. The molecule has 130 valence electrons. The molecule has 24 heavy (non-hydrogen) atoms. The third-order valence-electron chi connectivity index (χ3n) is 4.86. The summed E-state index contributed by atoms with van der Waals surface area (Å²) in [5.41, 5.74) is 1.30. The summed E-state index contributed by atoms with van der Waals surface area (Å²) in [5, 5.41) is 0. The average molecular weight is 330 g/mol. The van der Waals surface area contributed by atoms with Gasteiger partial charge in [-0.2, -0.15) is 0 Å². The third kappa shape index (κ3) is 4.57. The highest BCUT2D eigenvalue weighted by atomic mass is 16.5. The Morgan fingerprint density at radius 2 is 2.04 bits per heavy atom. The summed E-state index contributed by atoms with van der Waals surface area (Å²) in [6.45, 7) is 3.29. The standard InChI is InChI=1S/C19H26N2O3/c22-18-7-4-11-20(18)12-10-19(23)21-13-14-24-17(15-21)9-8-16-5-2-1-3-6-16/h1-3,5-6,17H,4,7-15H2/t17-/m0/s1. The molecule has 2 aliphatic rings. The van der Waals surface area contributed by atoms with Crippen LogP contribution in [0.1, 0.15) is 31.2 Å². The number of likely N-dealkylation sites (tertiary alicyclic amines) is 1. The first-order valence-corrected chi connectivity index (χ1v) is 8.93. The fourth-order valence-electron chi connectivity index (χ4n) is 3.42. The zero-order chi connectivity index (χ0) is 16.8. The molecule has 0 spiro atoms. The van der Waals surface area contributed by atoms with Crippen LogP contribution in [0.15, 0.2) is 30.3 Å². The molecule has 0 aromatic heterocycles. The second kappa shape index (κ2) is 8.29. The van der Waals surface area contributed by atoms with Crippen molar-refractivity contribution in [2.24, 2.45) is 0 Å². The molecule has 2 fully saturated rings. The maximum absolute atomic E-state index is 12.4. The Labute approximate surface area is 143 Å². The number of nitrogens with zero attached hydrogens (tertiary/aromatic N) is 2. The minimum Gasteiger partial charge on any atom is -0.375 e. The first-order chi connectivity index (χ1) is 11.7. The lowest BCUT2D eigenvalue weighted by Crippen LogP contribution is -2.46. The molecule has 2 aliphatic heterocycles. The number of morpholine rings is 1. The van der Waals surface area contributed by atoms with Crippen molar-refractivity contribution < 1.29 is 14.3 Å². The van der Waals surface area contributed by atoms with Crippen LogP contribution >= 0.6 is 0 Å². The third-order valence-corrected chi connectivity index (χ3v) is 4.86. The van der Waals surface area contributed by atoms with Crippen LogP contribution in [0.3, 0.4) is 0 Å². The van der Waals surface area contributed by atoms with E-state index < -0.39 is 0 Å². The van der Waals surface area contributed by atoms with E-state index in [9.17, 15) is 9.59 Å². The number of carbonyl (C=O) groups is 2. The van der Waals surface area contributed by atoms with Gasteiger partial charge < -0.3 is 14.5 Å². The zero-order valence-corrected chi connectivity index (χ0v) is 14.2. The summed E-state index contributed by atoms with van der Waals surface area (Å²) in [5.74, 6) is 0.327. The van der Waals surface area contributed by atoms with Gasteiger partial charge >= 0.3 is 0 Å². The molecule has 5 heteroatoms. The molecule has 0 aliphatic carbocycles.